The number of hydrogen-bond acceptors (Lipinski definition) is 3. The van der Waals surface area contributed by atoms with Gasteiger partial charge in [-0.2, -0.15) is 0 Å². The third-order valence-electron chi connectivity index (χ3n) is 3.16. The first kappa shape index (κ1) is 14.9. The highest BCUT2D eigenvalue weighted by Crippen LogP contribution is 2.27. The van der Waals surface area contributed by atoms with Crippen molar-refractivity contribution >= 4 is 5.97 Å². The summed E-state index contributed by atoms with van der Waals surface area (Å²) < 4.78 is 10.8. The number of carboxylic acid groups (broad SMARTS) is 1. The van der Waals surface area contributed by atoms with E-state index in [9.17, 15) is 9.90 Å². The molecule has 0 saturated heterocycles. The molecule has 0 saturated carbocycles. The molecule has 0 heterocycles. The Morgan fingerprint density at radius 1 is 1.10 bits per heavy atom. The van der Waals surface area contributed by atoms with E-state index in [1.807, 2.05) is 31.2 Å². The maximum atomic E-state index is 11.4. The highest BCUT2D eigenvalue weighted by molar-refractivity contribution is 5.73. The smallest absolute Gasteiger partial charge is 0.345 e. The van der Waals surface area contributed by atoms with E-state index in [4.69, 9.17) is 9.47 Å². The molecule has 4 nitrogen and oxygen atoms in total. The number of ether oxygens (including phenoxy) is 2. The molecule has 110 valence electrons. The van der Waals surface area contributed by atoms with E-state index in [0.717, 1.165) is 11.1 Å². The average Bonchev–Trinajstić information content (AvgIpc) is 2.49. The number of aryl methyl sites for hydroxylation is 1. The molecule has 1 unspecified atom stereocenters. The second-order valence-electron chi connectivity index (χ2n) is 4.79. The molecule has 2 aromatic rings. The third-order valence-corrected chi connectivity index (χ3v) is 3.16. The number of benzene rings is 2. The Labute approximate surface area is 123 Å². The highest BCUT2D eigenvalue weighted by Gasteiger charge is 2.21. The van der Waals surface area contributed by atoms with Crippen molar-refractivity contribution in [3.8, 4) is 11.5 Å². The molecule has 21 heavy (non-hydrogen) atoms. The van der Waals surface area contributed by atoms with Crippen LogP contribution in [0.3, 0.4) is 0 Å². The summed E-state index contributed by atoms with van der Waals surface area (Å²) in [6.45, 7) is 1.99. The van der Waals surface area contributed by atoms with Crippen molar-refractivity contribution in [1.82, 2.24) is 0 Å². The Hall–Kier alpha value is -2.49. The largest absolute Gasteiger partial charge is 0.493 e. The van der Waals surface area contributed by atoms with Crippen molar-refractivity contribution in [2.24, 2.45) is 0 Å². The van der Waals surface area contributed by atoms with Gasteiger partial charge >= 0.3 is 5.97 Å². The molecule has 0 aliphatic heterocycles. The predicted molar refractivity (Wildman–Crippen MR) is 79.9 cm³/mol. The molecule has 0 amide bonds. The highest BCUT2D eigenvalue weighted by atomic mass is 16.5. The van der Waals surface area contributed by atoms with E-state index in [0.29, 0.717) is 17.9 Å². The van der Waals surface area contributed by atoms with Gasteiger partial charge in [0.2, 0.25) is 0 Å². The van der Waals surface area contributed by atoms with Crippen LogP contribution in [0.15, 0.2) is 48.5 Å². The molecule has 2 rings (SSSR count). The second kappa shape index (κ2) is 6.79. The van der Waals surface area contributed by atoms with Gasteiger partial charge < -0.3 is 14.6 Å². The van der Waals surface area contributed by atoms with Gasteiger partial charge in [-0.05, 0) is 24.6 Å². The zero-order chi connectivity index (χ0) is 15.2. The minimum atomic E-state index is -0.999. The van der Waals surface area contributed by atoms with Gasteiger partial charge in [0.1, 0.15) is 0 Å². The number of methoxy groups -OCH3 is 1. The SMILES string of the molecule is COc1ccccc1OC(Cc1ccc(C)cc1)C(=O)O. The van der Waals surface area contributed by atoms with E-state index >= 15 is 0 Å². The van der Waals surface area contributed by atoms with E-state index in [1.165, 1.54) is 7.11 Å². The summed E-state index contributed by atoms with van der Waals surface area (Å²) in [6.07, 6.45) is -0.655. The molecule has 0 aromatic heterocycles. The van der Waals surface area contributed by atoms with Crippen molar-refractivity contribution in [3.05, 3.63) is 59.7 Å². The second-order valence-corrected chi connectivity index (χ2v) is 4.79. The zero-order valence-corrected chi connectivity index (χ0v) is 12.1. The van der Waals surface area contributed by atoms with Gasteiger partial charge in [-0.25, -0.2) is 4.79 Å². The summed E-state index contributed by atoms with van der Waals surface area (Å²) in [7, 11) is 1.53. The summed E-state index contributed by atoms with van der Waals surface area (Å²) in [5.74, 6) is -0.0475. The van der Waals surface area contributed by atoms with Gasteiger partial charge in [-0.1, -0.05) is 42.0 Å². The minimum Gasteiger partial charge on any atom is -0.493 e. The first-order valence-corrected chi connectivity index (χ1v) is 6.68. The maximum absolute atomic E-state index is 11.4. The topological polar surface area (TPSA) is 55.8 Å². The van der Waals surface area contributed by atoms with E-state index in [1.54, 1.807) is 24.3 Å². The molecular formula is C17H18O4. The molecule has 0 spiro atoms. The summed E-state index contributed by atoms with van der Waals surface area (Å²) in [5, 5.41) is 9.35. The molecule has 4 heteroatoms. The standard InChI is InChI=1S/C17H18O4/c1-12-7-9-13(10-8-12)11-16(17(18)19)21-15-6-4-3-5-14(15)20-2/h3-10,16H,11H2,1-2H3,(H,18,19). The van der Waals surface area contributed by atoms with Crippen LogP contribution in [-0.4, -0.2) is 24.3 Å². The van der Waals surface area contributed by atoms with Crippen LogP contribution in [0.5, 0.6) is 11.5 Å². The first-order chi connectivity index (χ1) is 10.1. The Morgan fingerprint density at radius 3 is 2.29 bits per heavy atom. The van der Waals surface area contributed by atoms with Crippen LogP contribution in [0.25, 0.3) is 0 Å². The molecule has 0 bridgehead atoms. The van der Waals surface area contributed by atoms with Crippen molar-refractivity contribution in [2.75, 3.05) is 7.11 Å². The number of rotatable bonds is 6. The van der Waals surface area contributed by atoms with Crippen LogP contribution >= 0.6 is 0 Å². The summed E-state index contributed by atoms with van der Waals surface area (Å²) in [6, 6.07) is 14.8. The van der Waals surface area contributed by atoms with Gasteiger partial charge in [0.25, 0.3) is 0 Å². The lowest BCUT2D eigenvalue weighted by molar-refractivity contribution is -0.145. The molecule has 0 aliphatic rings. The van der Waals surface area contributed by atoms with Gasteiger partial charge in [0.05, 0.1) is 7.11 Å². The van der Waals surface area contributed by atoms with Crippen molar-refractivity contribution < 1.29 is 19.4 Å². The number of carboxylic acids is 1. The average molecular weight is 286 g/mol. The van der Waals surface area contributed by atoms with Crippen molar-refractivity contribution in [2.45, 2.75) is 19.4 Å². The van der Waals surface area contributed by atoms with E-state index in [-0.39, 0.29) is 0 Å². The van der Waals surface area contributed by atoms with Gasteiger partial charge in [0.15, 0.2) is 17.6 Å². The fourth-order valence-electron chi connectivity index (χ4n) is 1.99. The third kappa shape index (κ3) is 3.99. The molecular weight excluding hydrogens is 268 g/mol. The number of hydrogen-bond donors (Lipinski definition) is 1. The summed E-state index contributed by atoms with van der Waals surface area (Å²) in [4.78, 5) is 11.4. The van der Waals surface area contributed by atoms with Crippen LogP contribution in [0.2, 0.25) is 0 Å². The number of para-hydroxylation sites is 2. The first-order valence-electron chi connectivity index (χ1n) is 6.68. The molecule has 1 atom stereocenters. The molecule has 0 fully saturated rings. The molecule has 1 N–H and O–H groups in total. The summed E-state index contributed by atoms with van der Waals surface area (Å²) >= 11 is 0. The molecule has 2 aromatic carbocycles. The van der Waals surface area contributed by atoms with Gasteiger partial charge in [-0.3, -0.25) is 0 Å². The normalized spacial score (nSPS) is 11.7. The monoisotopic (exact) mass is 286 g/mol. The van der Waals surface area contributed by atoms with Crippen LogP contribution in [0.4, 0.5) is 0 Å². The number of carbonyl (C=O) groups is 1. The van der Waals surface area contributed by atoms with Crippen molar-refractivity contribution in [1.29, 1.82) is 0 Å². The predicted octanol–water partition coefficient (Wildman–Crippen LogP) is 3.08. The fourth-order valence-corrected chi connectivity index (χ4v) is 1.99. The molecule has 0 aliphatic carbocycles. The Balaban J connectivity index is 2.16. The lowest BCUT2D eigenvalue weighted by Gasteiger charge is -2.17. The van der Waals surface area contributed by atoms with Crippen LogP contribution in [-0.2, 0) is 11.2 Å². The number of aliphatic carboxylic acids is 1. The Bertz CT molecular complexity index is 604. The lowest BCUT2D eigenvalue weighted by atomic mass is 10.1. The molecule has 0 radical (unpaired) electrons. The lowest BCUT2D eigenvalue weighted by Crippen LogP contribution is -2.29. The Kier molecular flexibility index (Phi) is 4.82. The maximum Gasteiger partial charge on any atom is 0.345 e. The van der Waals surface area contributed by atoms with E-state index in [2.05, 4.69) is 0 Å². The quantitative estimate of drug-likeness (QED) is 0.886. The van der Waals surface area contributed by atoms with Gasteiger partial charge in [-0.15, -0.1) is 0 Å². The summed E-state index contributed by atoms with van der Waals surface area (Å²) in [5.41, 5.74) is 2.05. The zero-order valence-electron chi connectivity index (χ0n) is 12.1. The fraction of sp³-hybridized carbons (Fsp3) is 0.235. The van der Waals surface area contributed by atoms with E-state index < -0.39 is 12.1 Å². The van der Waals surface area contributed by atoms with Crippen LogP contribution < -0.4 is 9.47 Å². The van der Waals surface area contributed by atoms with Crippen LogP contribution in [0.1, 0.15) is 11.1 Å². The van der Waals surface area contributed by atoms with Crippen molar-refractivity contribution in [3.63, 3.8) is 0 Å². The Morgan fingerprint density at radius 2 is 1.71 bits per heavy atom. The van der Waals surface area contributed by atoms with Crippen LogP contribution in [0, 0.1) is 6.92 Å². The minimum absolute atomic E-state index is 0.299. The van der Waals surface area contributed by atoms with Gasteiger partial charge in [0, 0.05) is 6.42 Å².